The molecule has 0 fully saturated rings. The predicted molar refractivity (Wildman–Crippen MR) is 117 cm³/mol. The lowest BCUT2D eigenvalue weighted by Crippen LogP contribution is -2.19. The molecule has 34 heavy (non-hydrogen) atoms. The molecule has 9 nitrogen and oxygen atoms in total. The number of aromatic nitrogens is 4. The van der Waals surface area contributed by atoms with E-state index in [1.807, 2.05) is 0 Å². The molecule has 3 aromatic carbocycles. The first kappa shape index (κ1) is 22.7. The summed E-state index contributed by atoms with van der Waals surface area (Å²) in [6.45, 7) is 0. The number of nitrogens with one attached hydrogen (secondary N) is 1. The Balaban J connectivity index is 1.64. The normalized spacial score (nSPS) is 11.1. The molecule has 0 aliphatic carbocycles. The van der Waals surface area contributed by atoms with Crippen LogP contribution in [0.4, 0.5) is 14.5 Å². The molecule has 1 aromatic heterocycles. The first-order valence-electron chi connectivity index (χ1n) is 9.58. The predicted octanol–water partition coefficient (Wildman–Crippen LogP) is 3.13. The maximum atomic E-state index is 14.8. The monoisotopic (exact) mass is 480 g/mol. The zero-order valence-corrected chi connectivity index (χ0v) is 18.2. The molecule has 0 unspecified atom stereocenters. The molecular weight excluding hydrogens is 466 g/mol. The third-order valence-electron chi connectivity index (χ3n) is 4.80. The van der Waals surface area contributed by atoms with Crippen molar-refractivity contribution in [1.82, 2.24) is 20.2 Å². The van der Waals surface area contributed by atoms with Gasteiger partial charge in [-0.1, -0.05) is 24.3 Å². The minimum absolute atomic E-state index is 0.0430. The molecule has 0 radical (unpaired) electrons. The Labute approximate surface area is 192 Å². The van der Waals surface area contributed by atoms with Gasteiger partial charge in [-0.3, -0.25) is 4.79 Å². The summed E-state index contributed by atoms with van der Waals surface area (Å²) >= 11 is 0. The van der Waals surface area contributed by atoms with E-state index >= 15 is 0 Å². The van der Waals surface area contributed by atoms with Crippen molar-refractivity contribution < 1.29 is 22.0 Å². The van der Waals surface area contributed by atoms with Gasteiger partial charge in [0.2, 0.25) is 5.82 Å². The zero-order chi connectivity index (χ0) is 24.5. The highest BCUT2D eigenvalue weighted by Gasteiger charge is 2.20. The van der Waals surface area contributed by atoms with Gasteiger partial charge in [0, 0.05) is 11.8 Å². The summed E-state index contributed by atoms with van der Waals surface area (Å²) in [5, 5.41) is 22.1. The van der Waals surface area contributed by atoms with Gasteiger partial charge in [-0.2, -0.15) is 9.94 Å². The Hall–Kier alpha value is -4.50. The van der Waals surface area contributed by atoms with E-state index in [1.165, 1.54) is 24.3 Å². The van der Waals surface area contributed by atoms with Crippen LogP contribution in [0.1, 0.15) is 16.2 Å². The molecule has 4 rings (SSSR count). The van der Waals surface area contributed by atoms with Gasteiger partial charge in [-0.25, -0.2) is 17.2 Å². The molecule has 1 amide bonds. The van der Waals surface area contributed by atoms with Gasteiger partial charge in [-0.05, 0) is 52.4 Å². The van der Waals surface area contributed by atoms with E-state index in [9.17, 15) is 22.0 Å². The number of nitriles is 1. The highest BCUT2D eigenvalue weighted by molar-refractivity contribution is 7.90. The number of hydrogen-bond donors (Lipinski definition) is 1. The summed E-state index contributed by atoms with van der Waals surface area (Å²) in [6.07, 6.45) is 1.06. The van der Waals surface area contributed by atoms with Crippen molar-refractivity contribution in [1.29, 1.82) is 5.26 Å². The number of amides is 1. The fraction of sp³-hybridized carbons (Fsp3) is 0.0455. The minimum atomic E-state index is -3.55. The Kier molecular flexibility index (Phi) is 5.87. The third kappa shape index (κ3) is 4.37. The van der Waals surface area contributed by atoms with Gasteiger partial charge in [0.05, 0.1) is 21.8 Å². The molecule has 0 spiro atoms. The second kappa shape index (κ2) is 8.80. The van der Waals surface area contributed by atoms with Crippen LogP contribution in [-0.2, 0) is 9.84 Å². The van der Waals surface area contributed by atoms with E-state index in [2.05, 4.69) is 20.8 Å². The smallest absolute Gasteiger partial charge is 0.295 e. The molecule has 0 aliphatic heterocycles. The van der Waals surface area contributed by atoms with Crippen molar-refractivity contribution in [2.45, 2.75) is 4.90 Å². The molecule has 0 atom stereocenters. The summed E-state index contributed by atoms with van der Waals surface area (Å²) in [6, 6.07) is 15.2. The third-order valence-corrected chi connectivity index (χ3v) is 5.96. The summed E-state index contributed by atoms with van der Waals surface area (Å²) in [7, 11) is -3.55. The first-order chi connectivity index (χ1) is 16.2. The summed E-state index contributed by atoms with van der Waals surface area (Å²) in [4.78, 5) is 12.8. The lowest BCUT2D eigenvalue weighted by atomic mass is 10.0. The lowest BCUT2D eigenvalue weighted by Gasteiger charge is -2.11. The number of sulfone groups is 1. The first-order valence-corrected chi connectivity index (χ1v) is 11.5. The van der Waals surface area contributed by atoms with E-state index in [0.29, 0.717) is 11.1 Å². The quantitative estimate of drug-likeness (QED) is 0.464. The fourth-order valence-corrected chi connectivity index (χ4v) is 4.14. The van der Waals surface area contributed by atoms with Crippen LogP contribution in [0.25, 0.3) is 16.8 Å². The van der Waals surface area contributed by atoms with Gasteiger partial charge >= 0.3 is 0 Å². The van der Waals surface area contributed by atoms with Crippen molar-refractivity contribution in [3.63, 3.8) is 0 Å². The minimum Gasteiger partial charge on any atom is -0.317 e. The van der Waals surface area contributed by atoms with E-state index in [-0.39, 0.29) is 27.7 Å². The standard InChI is InChI=1S/C22H14F2N6O3S/c1-34(32,33)20-5-3-2-4-16(20)13-6-9-19(18(24)11-13)26-22(31)21-27-28-29-30(21)15-7-8-17(23)14(10-15)12-25/h2-11H,1H3,(H,26,31). The van der Waals surface area contributed by atoms with Crippen LogP contribution in [0.3, 0.4) is 0 Å². The molecule has 0 bridgehead atoms. The zero-order valence-electron chi connectivity index (χ0n) is 17.4. The van der Waals surface area contributed by atoms with Crippen LogP contribution in [-0.4, -0.2) is 40.8 Å². The number of carbonyl (C=O) groups excluding carboxylic acids is 1. The molecule has 170 valence electrons. The molecule has 0 saturated heterocycles. The Morgan fingerprint density at radius 2 is 1.82 bits per heavy atom. The number of anilines is 1. The summed E-state index contributed by atoms with van der Waals surface area (Å²) in [5.74, 6) is -2.76. The second-order valence-electron chi connectivity index (χ2n) is 7.11. The summed E-state index contributed by atoms with van der Waals surface area (Å²) < 4.78 is 53.5. The highest BCUT2D eigenvalue weighted by Crippen LogP contribution is 2.30. The average molecular weight is 480 g/mol. The van der Waals surface area contributed by atoms with Crippen LogP contribution in [0.15, 0.2) is 65.6 Å². The van der Waals surface area contributed by atoms with E-state index < -0.39 is 27.4 Å². The van der Waals surface area contributed by atoms with Crippen LogP contribution >= 0.6 is 0 Å². The number of halogens is 2. The van der Waals surface area contributed by atoms with Gasteiger partial charge in [-0.15, -0.1) is 5.10 Å². The Bertz CT molecular complexity index is 1580. The number of nitrogens with zero attached hydrogens (tertiary/aromatic N) is 5. The molecule has 1 heterocycles. The largest absolute Gasteiger partial charge is 0.317 e. The average Bonchev–Trinajstić information content (AvgIpc) is 3.30. The summed E-state index contributed by atoms with van der Waals surface area (Å²) in [5.41, 5.74) is 0.306. The second-order valence-corrected chi connectivity index (χ2v) is 9.09. The van der Waals surface area contributed by atoms with E-state index in [0.717, 1.165) is 29.1 Å². The van der Waals surface area contributed by atoms with Crippen molar-refractivity contribution >= 4 is 21.4 Å². The van der Waals surface area contributed by atoms with Crippen molar-refractivity contribution in [3.8, 4) is 22.9 Å². The van der Waals surface area contributed by atoms with Crippen LogP contribution < -0.4 is 5.32 Å². The topological polar surface area (TPSA) is 131 Å². The maximum Gasteiger partial charge on any atom is 0.295 e. The van der Waals surface area contributed by atoms with Gasteiger partial charge in [0.15, 0.2) is 9.84 Å². The highest BCUT2D eigenvalue weighted by atomic mass is 32.2. The number of hydrogen-bond acceptors (Lipinski definition) is 7. The number of tetrazole rings is 1. The number of carbonyl (C=O) groups is 1. The number of benzene rings is 3. The Morgan fingerprint density at radius 1 is 1.06 bits per heavy atom. The van der Waals surface area contributed by atoms with E-state index in [1.54, 1.807) is 24.3 Å². The number of rotatable bonds is 5. The van der Waals surface area contributed by atoms with Crippen LogP contribution in [0.5, 0.6) is 0 Å². The van der Waals surface area contributed by atoms with Gasteiger partial charge in [0.1, 0.15) is 17.7 Å². The molecule has 0 saturated carbocycles. The molecule has 1 N–H and O–H groups in total. The maximum absolute atomic E-state index is 14.8. The van der Waals surface area contributed by atoms with Gasteiger partial charge < -0.3 is 5.32 Å². The molecule has 4 aromatic rings. The van der Waals surface area contributed by atoms with E-state index in [4.69, 9.17) is 5.26 Å². The molecule has 12 heteroatoms. The van der Waals surface area contributed by atoms with Crippen molar-refractivity contribution in [2.24, 2.45) is 0 Å². The lowest BCUT2D eigenvalue weighted by molar-refractivity contribution is 0.101. The Morgan fingerprint density at radius 3 is 2.53 bits per heavy atom. The SMILES string of the molecule is CS(=O)(=O)c1ccccc1-c1ccc(NC(=O)c2nnnn2-c2ccc(F)c(C#N)c2)c(F)c1. The van der Waals surface area contributed by atoms with Crippen molar-refractivity contribution in [2.75, 3.05) is 11.6 Å². The van der Waals surface area contributed by atoms with Crippen LogP contribution in [0, 0.1) is 23.0 Å². The van der Waals surface area contributed by atoms with Gasteiger partial charge in [0.25, 0.3) is 5.91 Å². The molecular formula is C22H14F2N6O3S. The van der Waals surface area contributed by atoms with Crippen LogP contribution in [0.2, 0.25) is 0 Å². The molecule has 0 aliphatic rings. The fourth-order valence-electron chi connectivity index (χ4n) is 3.22. The van der Waals surface area contributed by atoms with Crippen molar-refractivity contribution in [3.05, 3.63) is 83.7 Å².